The van der Waals surface area contributed by atoms with Crippen LogP contribution in [-0.4, -0.2) is 43.5 Å². The molecule has 0 radical (unpaired) electrons. The van der Waals surface area contributed by atoms with Gasteiger partial charge in [0.15, 0.2) is 6.61 Å². The van der Waals surface area contributed by atoms with Crippen LogP contribution in [-0.2, 0) is 23.9 Å². The van der Waals surface area contributed by atoms with Crippen LogP contribution in [0.25, 0.3) is 0 Å². The standard InChI is InChI=1S/C22H20Cl2N2O6/c1-2-31-21(29)13-6-8-15(9-7-13)26-11-14(10-19(26)28)22(30)32-12-18(27)25-17-5-3-4-16(23)20(17)24/h3-9,14H,2,10-12H2,1H3,(H,25,27)/t14-/m1/s1. The van der Waals surface area contributed by atoms with Gasteiger partial charge in [-0.2, -0.15) is 0 Å². The number of carbonyl (C=O) groups is 4. The summed E-state index contributed by atoms with van der Waals surface area (Å²) in [5.41, 5.74) is 1.21. The Balaban J connectivity index is 1.54. The molecule has 1 atom stereocenters. The fourth-order valence-corrected chi connectivity index (χ4v) is 3.50. The normalized spacial score (nSPS) is 15.4. The van der Waals surface area contributed by atoms with Crippen molar-refractivity contribution in [1.29, 1.82) is 0 Å². The van der Waals surface area contributed by atoms with Crippen molar-refractivity contribution in [2.24, 2.45) is 5.92 Å². The van der Waals surface area contributed by atoms with E-state index in [4.69, 9.17) is 32.7 Å². The summed E-state index contributed by atoms with van der Waals surface area (Å²) in [5.74, 6) is -2.67. The van der Waals surface area contributed by atoms with Crippen molar-refractivity contribution in [3.8, 4) is 0 Å². The van der Waals surface area contributed by atoms with E-state index in [-0.39, 0.29) is 35.5 Å². The van der Waals surface area contributed by atoms with E-state index < -0.39 is 30.4 Å². The number of anilines is 2. The molecule has 168 valence electrons. The minimum absolute atomic E-state index is 0.0415. The first-order valence-electron chi connectivity index (χ1n) is 9.78. The molecule has 1 fully saturated rings. The number of hydrogen-bond donors (Lipinski definition) is 1. The molecule has 1 saturated heterocycles. The zero-order valence-electron chi connectivity index (χ0n) is 17.1. The highest BCUT2D eigenvalue weighted by Crippen LogP contribution is 2.29. The van der Waals surface area contributed by atoms with E-state index >= 15 is 0 Å². The molecule has 0 bridgehead atoms. The molecular formula is C22H20Cl2N2O6. The van der Waals surface area contributed by atoms with Crippen LogP contribution < -0.4 is 10.2 Å². The predicted octanol–water partition coefficient (Wildman–Crippen LogP) is 3.70. The van der Waals surface area contributed by atoms with Gasteiger partial charge in [-0.15, -0.1) is 0 Å². The van der Waals surface area contributed by atoms with Crippen LogP contribution in [0.1, 0.15) is 23.7 Å². The molecule has 1 heterocycles. The lowest BCUT2D eigenvalue weighted by atomic mass is 10.1. The highest BCUT2D eigenvalue weighted by atomic mass is 35.5. The molecule has 3 rings (SSSR count). The molecule has 0 aromatic heterocycles. The number of benzene rings is 2. The summed E-state index contributed by atoms with van der Waals surface area (Å²) < 4.78 is 10.0. The zero-order valence-corrected chi connectivity index (χ0v) is 18.6. The number of carbonyl (C=O) groups excluding carboxylic acids is 4. The van der Waals surface area contributed by atoms with E-state index in [0.717, 1.165) is 0 Å². The van der Waals surface area contributed by atoms with Gasteiger partial charge in [-0.1, -0.05) is 29.3 Å². The summed E-state index contributed by atoms with van der Waals surface area (Å²) in [7, 11) is 0. The van der Waals surface area contributed by atoms with Crippen molar-refractivity contribution in [3.63, 3.8) is 0 Å². The SMILES string of the molecule is CCOC(=O)c1ccc(N2C[C@H](C(=O)OCC(=O)Nc3cccc(Cl)c3Cl)CC2=O)cc1. The molecule has 10 heteroatoms. The van der Waals surface area contributed by atoms with Crippen molar-refractivity contribution >= 4 is 58.3 Å². The van der Waals surface area contributed by atoms with Crippen LogP contribution in [0.4, 0.5) is 11.4 Å². The van der Waals surface area contributed by atoms with Crippen LogP contribution in [0, 0.1) is 5.92 Å². The molecule has 0 unspecified atom stereocenters. The summed E-state index contributed by atoms with van der Waals surface area (Å²) in [5, 5.41) is 2.98. The minimum atomic E-state index is -0.713. The molecule has 1 aliphatic rings. The third-order valence-corrected chi connectivity index (χ3v) is 5.54. The third kappa shape index (κ3) is 5.57. The van der Waals surface area contributed by atoms with Gasteiger partial charge in [-0.3, -0.25) is 14.4 Å². The summed E-state index contributed by atoms with van der Waals surface area (Å²) >= 11 is 11.9. The summed E-state index contributed by atoms with van der Waals surface area (Å²) in [4.78, 5) is 50.0. The summed E-state index contributed by atoms with van der Waals surface area (Å²) in [6, 6.07) is 11.1. The lowest BCUT2D eigenvalue weighted by Gasteiger charge is -2.17. The number of rotatable bonds is 7. The maximum atomic E-state index is 12.4. The van der Waals surface area contributed by atoms with Crippen molar-refractivity contribution in [2.45, 2.75) is 13.3 Å². The quantitative estimate of drug-likeness (QED) is 0.608. The molecule has 2 aromatic rings. The maximum Gasteiger partial charge on any atom is 0.338 e. The molecular weight excluding hydrogens is 459 g/mol. The van der Waals surface area contributed by atoms with Crippen LogP contribution in [0.15, 0.2) is 42.5 Å². The second-order valence-corrected chi connectivity index (χ2v) is 7.72. The van der Waals surface area contributed by atoms with Gasteiger partial charge in [0.1, 0.15) is 0 Å². The molecule has 2 amide bonds. The van der Waals surface area contributed by atoms with Crippen molar-refractivity contribution < 1.29 is 28.7 Å². The Morgan fingerprint density at radius 3 is 2.50 bits per heavy atom. The molecule has 1 aliphatic heterocycles. The Bertz CT molecular complexity index is 1040. The topological polar surface area (TPSA) is 102 Å². The predicted molar refractivity (Wildman–Crippen MR) is 119 cm³/mol. The molecule has 32 heavy (non-hydrogen) atoms. The molecule has 2 aromatic carbocycles. The number of ether oxygens (including phenoxy) is 2. The van der Waals surface area contributed by atoms with E-state index in [9.17, 15) is 19.2 Å². The smallest absolute Gasteiger partial charge is 0.338 e. The van der Waals surface area contributed by atoms with Gasteiger partial charge >= 0.3 is 11.9 Å². The monoisotopic (exact) mass is 478 g/mol. The first-order chi connectivity index (χ1) is 15.3. The number of hydrogen-bond acceptors (Lipinski definition) is 6. The van der Waals surface area contributed by atoms with Crippen molar-refractivity contribution in [2.75, 3.05) is 30.0 Å². The molecule has 8 nitrogen and oxygen atoms in total. The molecule has 0 saturated carbocycles. The Morgan fingerprint density at radius 1 is 1.09 bits per heavy atom. The first-order valence-corrected chi connectivity index (χ1v) is 10.5. The van der Waals surface area contributed by atoms with Gasteiger partial charge in [0.05, 0.1) is 33.8 Å². The lowest BCUT2D eigenvalue weighted by Crippen LogP contribution is -2.28. The maximum absolute atomic E-state index is 12.4. The second-order valence-electron chi connectivity index (χ2n) is 6.93. The van der Waals surface area contributed by atoms with E-state index in [0.29, 0.717) is 16.9 Å². The van der Waals surface area contributed by atoms with Crippen LogP contribution in [0.5, 0.6) is 0 Å². The molecule has 1 N–H and O–H groups in total. The zero-order chi connectivity index (χ0) is 23.3. The number of halogens is 2. The lowest BCUT2D eigenvalue weighted by molar-refractivity contribution is -0.151. The number of esters is 2. The van der Waals surface area contributed by atoms with Gasteiger partial charge in [0.25, 0.3) is 5.91 Å². The average molecular weight is 479 g/mol. The molecule has 0 aliphatic carbocycles. The number of nitrogens with zero attached hydrogens (tertiary/aromatic N) is 1. The first kappa shape index (κ1) is 23.6. The van der Waals surface area contributed by atoms with Gasteiger partial charge in [0.2, 0.25) is 5.91 Å². The fraction of sp³-hybridized carbons (Fsp3) is 0.273. The Morgan fingerprint density at radius 2 is 1.81 bits per heavy atom. The second kappa shape index (κ2) is 10.5. The van der Waals surface area contributed by atoms with Crippen LogP contribution in [0.2, 0.25) is 10.0 Å². The summed E-state index contributed by atoms with van der Waals surface area (Å²) in [6.07, 6.45) is -0.0415. The largest absolute Gasteiger partial charge is 0.462 e. The fourth-order valence-electron chi connectivity index (χ4n) is 3.15. The van der Waals surface area contributed by atoms with E-state index in [2.05, 4.69) is 5.32 Å². The highest BCUT2D eigenvalue weighted by Gasteiger charge is 2.36. The van der Waals surface area contributed by atoms with E-state index in [1.807, 2.05) is 0 Å². The summed E-state index contributed by atoms with van der Waals surface area (Å²) in [6.45, 7) is 1.56. The number of amides is 2. The van der Waals surface area contributed by atoms with Crippen LogP contribution >= 0.6 is 23.2 Å². The van der Waals surface area contributed by atoms with Gasteiger partial charge in [-0.25, -0.2) is 4.79 Å². The number of nitrogens with one attached hydrogen (secondary N) is 1. The van der Waals surface area contributed by atoms with Crippen LogP contribution in [0.3, 0.4) is 0 Å². The average Bonchev–Trinajstić information content (AvgIpc) is 3.17. The van der Waals surface area contributed by atoms with Crippen molar-refractivity contribution in [1.82, 2.24) is 0 Å². The van der Waals surface area contributed by atoms with Gasteiger partial charge < -0.3 is 19.7 Å². The van der Waals surface area contributed by atoms with E-state index in [1.54, 1.807) is 49.4 Å². The Hall–Kier alpha value is -3.10. The van der Waals surface area contributed by atoms with Crippen molar-refractivity contribution in [3.05, 3.63) is 58.1 Å². The Labute approximate surface area is 194 Å². The highest BCUT2D eigenvalue weighted by molar-refractivity contribution is 6.44. The third-order valence-electron chi connectivity index (χ3n) is 4.72. The minimum Gasteiger partial charge on any atom is -0.462 e. The Kier molecular flexibility index (Phi) is 7.71. The van der Waals surface area contributed by atoms with Gasteiger partial charge in [0, 0.05) is 18.7 Å². The van der Waals surface area contributed by atoms with Gasteiger partial charge in [-0.05, 0) is 43.3 Å². The molecule has 0 spiro atoms. The van der Waals surface area contributed by atoms with E-state index in [1.165, 1.54) is 4.90 Å².